The summed E-state index contributed by atoms with van der Waals surface area (Å²) >= 11 is 0. The molecule has 36 heavy (non-hydrogen) atoms. The minimum atomic E-state index is -0.155. The Bertz CT molecular complexity index is 1060. The molecule has 4 bridgehead atoms. The van der Waals surface area contributed by atoms with E-state index in [2.05, 4.69) is 34.3 Å². The third-order valence-electron chi connectivity index (χ3n) is 9.06. The molecule has 4 fully saturated rings. The lowest BCUT2D eigenvalue weighted by Crippen LogP contribution is -2.62. The van der Waals surface area contributed by atoms with Gasteiger partial charge in [-0.3, -0.25) is 4.79 Å². The van der Waals surface area contributed by atoms with Gasteiger partial charge in [-0.05, 0) is 74.0 Å². The Morgan fingerprint density at radius 1 is 1.00 bits per heavy atom. The van der Waals surface area contributed by atoms with Crippen molar-refractivity contribution in [3.8, 4) is 0 Å². The maximum Gasteiger partial charge on any atom is 0.318 e. The van der Waals surface area contributed by atoms with Gasteiger partial charge in [-0.2, -0.15) is 0 Å². The molecule has 1 N–H and O–H groups in total. The van der Waals surface area contributed by atoms with E-state index < -0.39 is 0 Å². The number of nitrogens with zero attached hydrogens (tertiary/aromatic N) is 3. The van der Waals surface area contributed by atoms with Crippen molar-refractivity contribution in [3.05, 3.63) is 59.9 Å². The van der Waals surface area contributed by atoms with Crippen LogP contribution in [-0.2, 0) is 16.1 Å². The number of methoxy groups -OCH3 is 1. The maximum atomic E-state index is 13.8. The van der Waals surface area contributed by atoms with Crippen molar-refractivity contribution >= 4 is 11.9 Å². The van der Waals surface area contributed by atoms with E-state index in [0.717, 1.165) is 54.8 Å². The van der Waals surface area contributed by atoms with Crippen molar-refractivity contribution in [1.29, 1.82) is 0 Å². The van der Waals surface area contributed by atoms with Crippen LogP contribution in [0, 0.1) is 17.8 Å². The first-order valence-corrected chi connectivity index (χ1v) is 13.6. The maximum absolute atomic E-state index is 13.8. The van der Waals surface area contributed by atoms with E-state index in [-0.39, 0.29) is 30.1 Å². The molecule has 4 aliphatic carbocycles. The van der Waals surface area contributed by atoms with Crippen molar-refractivity contribution in [3.63, 3.8) is 0 Å². The minimum Gasteiger partial charge on any atom is -0.383 e. The number of amides is 3. The number of nitrogens with one attached hydrogen (secondary N) is 1. The monoisotopic (exact) mass is 490 g/mol. The van der Waals surface area contributed by atoms with Gasteiger partial charge in [0, 0.05) is 44.2 Å². The lowest BCUT2D eigenvalue weighted by molar-refractivity contribution is -0.134. The number of fused-ring (bicyclic) bond motifs is 1. The van der Waals surface area contributed by atoms with Crippen molar-refractivity contribution in [2.45, 2.75) is 56.7 Å². The Labute approximate surface area is 213 Å². The standard InChI is InChI=1S/C29H38N4O3/c1-36-13-12-32(28(35)30-29-17-21-14-22(18-29)16-23(15-21)19-29)20-26(34)33-11-10-31-9-5-8-25(31)27(33)24-6-3-2-4-7-24/h2-9,21-23,27H,10-20H2,1H3,(H,30,35). The second kappa shape index (κ2) is 9.58. The van der Waals surface area contributed by atoms with Crippen molar-refractivity contribution in [1.82, 2.24) is 19.7 Å². The van der Waals surface area contributed by atoms with Crippen LogP contribution in [-0.4, -0.2) is 65.2 Å². The molecular formula is C29H38N4O3. The van der Waals surface area contributed by atoms with Crippen LogP contribution in [0.5, 0.6) is 0 Å². The Morgan fingerprint density at radius 3 is 2.36 bits per heavy atom. The van der Waals surface area contributed by atoms with E-state index in [9.17, 15) is 9.59 Å². The lowest BCUT2D eigenvalue weighted by Gasteiger charge is -2.57. The molecule has 7 rings (SSSR count). The number of rotatable bonds is 7. The summed E-state index contributed by atoms with van der Waals surface area (Å²) in [5, 5.41) is 3.45. The zero-order valence-electron chi connectivity index (χ0n) is 21.3. The van der Waals surface area contributed by atoms with Gasteiger partial charge in [-0.25, -0.2) is 4.79 Å². The fraction of sp³-hybridized carbons (Fsp3) is 0.586. The van der Waals surface area contributed by atoms with E-state index in [1.165, 1.54) is 19.3 Å². The predicted octanol–water partition coefficient (Wildman–Crippen LogP) is 4.05. The van der Waals surface area contributed by atoms with E-state index >= 15 is 0 Å². The van der Waals surface area contributed by atoms with Crippen LogP contribution in [0.4, 0.5) is 4.79 Å². The van der Waals surface area contributed by atoms with Gasteiger partial charge >= 0.3 is 6.03 Å². The molecule has 0 saturated heterocycles. The number of benzene rings is 1. The third kappa shape index (κ3) is 4.42. The third-order valence-corrected chi connectivity index (χ3v) is 9.06. The number of aromatic nitrogens is 1. The molecule has 1 unspecified atom stereocenters. The first kappa shape index (κ1) is 23.6. The SMILES string of the molecule is COCCN(CC(=O)N1CCn2cccc2C1c1ccccc1)C(=O)NC12CC3CC(CC(C3)C1)C2. The molecule has 7 nitrogen and oxygen atoms in total. The fourth-order valence-electron chi connectivity index (χ4n) is 7.92. The van der Waals surface area contributed by atoms with E-state index in [1.807, 2.05) is 29.2 Å². The molecular weight excluding hydrogens is 452 g/mol. The van der Waals surface area contributed by atoms with Crippen LogP contribution < -0.4 is 5.32 Å². The van der Waals surface area contributed by atoms with Crippen LogP contribution in [0.2, 0.25) is 0 Å². The summed E-state index contributed by atoms with van der Waals surface area (Å²) in [5.41, 5.74) is 2.12. The smallest absolute Gasteiger partial charge is 0.318 e. The molecule has 3 amide bonds. The second-order valence-corrected chi connectivity index (χ2v) is 11.6. The molecule has 1 aromatic carbocycles. The zero-order valence-corrected chi connectivity index (χ0v) is 21.3. The molecule has 5 aliphatic rings. The number of ether oxygens (including phenoxy) is 1. The van der Waals surface area contributed by atoms with Gasteiger partial charge in [0.25, 0.3) is 0 Å². The van der Waals surface area contributed by atoms with Gasteiger partial charge in [0.1, 0.15) is 6.54 Å². The quantitative estimate of drug-likeness (QED) is 0.637. The summed E-state index contributed by atoms with van der Waals surface area (Å²) in [5.74, 6) is 2.23. The highest BCUT2D eigenvalue weighted by atomic mass is 16.5. The van der Waals surface area contributed by atoms with E-state index in [0.29, 0.717) is 19.7 Å². The summed E-state index contributed by atoms with van der Waals surface area (Å²) in [4.78, 5) is 31.1. The fourth-order valence-corrected chi connectivity index (χ4v) is 7.92. The number of hydrogen-bond acceptors (Lipinski definition) is 3. The highest BCUT2D eigenvalue weighted by Crippen LogP contribution is 2.55. The molecule has 7 heteroatoms. The van der Waals surface area contributed by atoms with E-state index in [1.54, 1.807) is 12.0 Å². The minimum absolute atomic E-state index is 0.0203. The summed E-state index contributed by atoms with van der Waals surface area (Å²) in [6, 6.07) is 14.1. The largest absolute Gasteiger partial charge is 0.383 e. The summed E-state index contributed by atoms with van der Waals surface area (Å²) in [6.07, 6.45) is 9.36. The topological polar surface area (TPSA) is 66.8 Å². The molecule has 0 radical (unpaired) electrons. The first-order valence-electron chi connectivity index (χ1n) is 13.6. The van der Waals surface area contributed by atoms with Gasteiger partial charge in [0.05, 0.1) is 12.6 Å². The zero-order chi connectivity index (χ0) is 24.7. The Kier molecular flexibility index (Phi) is 6.28. The van der Waals surface area contributed by atoms with Crippen LogP contribution >= 0.6 is 0 Å². The van der Waals surface area contributed by atoms with Crippen LogP contribution in [0.1, 0.15) is 55.8 Å². The summed E-state index contributed by atoms with van der Waals surface area (Å²) in [6.45, 7) is 2.25. The van der Waals surface area contributed by atoms with Crippen LogP contribution in [0.25, 0.3) is 0 Å². The average molecular weight is 491 g/mol. The molecule has 1 atom stereocenters. The molecule has 4 saturated carbocycles. The second-order valence-electron chi connectivity index (χ2n) is 11.6. The van der Waals surface area contributed by atoms with Gasteiger partial charge in [0.15, 0.2) is 0 Å². The highest BCUT2D eigenvalue weighted by molar-refractivity contribution is 5.85. The molecule has 192 valence electrons. The normalized spacial score (nSPS) is 30.2. The van der Waals surface area contributed by atoms with Gasteiger partial charge in [0.2, 0.25) is 5.91 Å². The highest BCUT2D eigenvalue weighted by Gasteiger charge is 2.52. The van der Waals surface area contributed by atoms with Gasteiger partial charge in [-0.15, -0.1) is 0 Å². The molecule has 1 aromatic heterocycles. The van der Waals surface area contributed by atoms with Crippen LogP contribution in [0.15, 0.2) is 48.7 Å². The number of carbonyl (C=O) groups is 2. The Morgan fingerprint density at radius 2 is 1.69 bits per heavy atom. The Hall–Kier alpha value is -2.80. The first-order chi connectivity index (χ1) is 17.5. The molecule has 0 spiro atoms. The Balaban J connectivity index is 1.20. The molecule has 1 aliphatic heterocycles. The number of carbonyl (C=O) groups excluding carboxylic acids is 2. The van der Waals surface area contributed by atoms with Crippen molar-refractivity contribution < 1.29 is 14.3 Å². The lowest BCUT2D eigenvalue weighted by atomic mass is 9.53. The summed E-state index contributed by atoms with van der Waals surface area (Å²) < 4.78 is 7.55. The average Bonchev–Trinajstić information content (AvgIpc) is 3.34. The summed E-state index contributed by atoms with van der Waals surface area (Å²) in [7, 11) is 1.64. The van der Waals surface area contributed by atoms with E-state index in [4.69, 9.17) is 4.74 Å². The van der Waals surface area contributed by atoms with Gasteiger partial charge < -0.3 is 24.4 Å². The van der Waals surface area contributed by atoms with Crippen LogP contribution in [0.3, 0.4) is 0 Å². The van der Waals surface area contributed by atoms with Crippen molar-refractivity contribution in [2.75, 3.05) is 33.4 Å². The number of hydrogen-bond donors (Lipinski definition) is 1. The predicted molar refractivity (Wildman–Crippen MR) is 137 cm³/mol. The van der Waals surface area contributed by atoms with Crippen molar-refractivity contribution in [2.24, 2.45) is 17.8 Å². The van der Waals surface area contributed by atoms with Gasteiger partial charge in [-0.1, -0.05) is 30.3 Å². The molecule has 2 heterocycles. The number of urea groups is 1. The molecule has 2 aromatic rings.